The fraction of sp³-hybridized carbons (Fsp3) is 0.417. The van der Waals surface area contributed by atoms with Crippen LogP contribution in [0.5, 0.6) is 5.75 Å². The molecule has 1 saturated heterocycles. The zero-order chi connectivity index (χ0) is 23.4. The van der Waals surface area contributed by atoms with Crippen LogP contribution in [0.15, 0.2) is 40.3 Å². The van der Waals surface area contributed by atoms with Crippen LogP contribution in [0.25, 0.3) is 5.76 Å². The van der Waals surface area contributed by atoms with Crippen LogP contribution in [0.2, 0.25) is 5.02 Å². The summed E-state index contributed by atoms with van der Waals surface area (Å²) >= 11 is 6.17. The second-order valence-corrected chi connectivity index (χ2v) is 7.95. The largest absolute Gasteiger partial charge is 0.507 e. The molecule has 1 N–H and O–H groups in total. The van der Waals surface area contributed by atoms with Crippen LogP contribution < -0.4 is 4.74 Å². The molecule has 1 fully saturated rings. The van der Waals surface area contributed by atoms with Crippen LogP contribution in [0.3, 0.4) is 0 Å². The molecule has 1 unspecified atom stereocenters. The van der Waals surface area contributed by atoms with Gasteiger partial charge in [0.2, 0.25) is 0 Å². The SMILES string of the molecule is CCOc1cc(/C(O)=C2/C(=O)C(=O)N(CCN(CC)CC)C2c2ccc(C)o2)ccc1Cl. The number of likely N-dealkylation sites (tertiary alicyclic amines) is 1. The Morgan fingerprint density at radius 1 is 1.19 bits per heavy atom. The summed E-state index contributed by atoms with van der Waals surface area (Å²) in [6.45, 7) is 10.7. The van der Waals surface area contributed by atoms with E-state index in [9.17, 15) is 14.7 Å². The maximum Gasteiger partial charge on any atom is 0.295 e. The number of Topliss-reactive ketones (excluding diaryl/α,β-unsaturated/α-hetero) is 1. The molecule has 1 aromatic carbocycles. The third kappa shape index (κ3) is 4.69. The smallest absolute Gasteiger partial charge is 0.295 e. The number of ketones is 1. The molecule has 1 amide bonds. The summed E-state index contributed by atoms with van der Waals surface area (Å²) in [4.78, 5) is 29.7. The Balaban J connectivity index is 2.09. The van der Waals surface area contributed by atoms with Crippen molar-refractivity contribution in [1.82, 2.24) is 9.80 Å². The molecule has 0 aliphatic carbocycles. The number of carbonyl (C=O) groups is 2. The first kappa shape index (κ1) is 23.9. The van der Waals surface area contributed by atoms with Gasteiger partial charge in [-0.05, 0) is 57.3 Å². The Kier molecular flexibility index (Phi) is 7.64. The molecule has 2 heterocycles. The fourth-order valence-electron chi connectivity index (χ4n) is 3.87. The van der Waals surface area contributed by atoms with Crippen molar-refractivity contribution in [1.29, 1.82) is 0 Å². The van der Waals surface area contributed by atoms with E-state index in [1.807, 2.05) is 20.8 Å². The van der Waals surface area contributed by atoms with Gasteiger partial charge in [-0.25, -0.2) is 0 Å². The third-order valence-electron chi connectivity index (χ3n) is 5.63. The highest BCUT2D eigenvalue weighted by atomic mass is 35.5. The number of nitrogens with zero attached hydrogens (tertiary/aromatic N) is 2. The minimum Gasteiger partial charge on any atom is -0.507 e. The number of amides is 1. The van der Waals surface area contributed by atoms with Gasteiger partial charge in [-0.3, -0.25) is 9.59 Å². The number of aryl methyl sites for hydroxylation is 1. The lowest BCUT2D eigenvalue weighted by molar-refractivity contribution is -0.140. The first-order valence-corrected chi connectivity index (χ1v) is 11.2. The molecule has 1 aliphatic rings. The van der Waals surface area contributed by atoms with Crippen molar-refractivity contribution in [3.05, 3.63) is 58.0 Å². The van der Waals surface area contributed by atoms with Gasteiger partial charge in [-0.2, -0.15) is 0 Å². The summed E-state index contributed by atoms with van der Waals surface area (Å²) in [7, 11) is 0. The van der Waals surface area contributed by atoms with Gasteiger partial charge in [0, 0.05) is 18.7 Å². The summed E-state index contributed by atoms with van der Waals surface area (Å²) < 4.78 is 11.3. The molecule has 1 aromatic heterocycles. The van der Waals surface area contributed by atoms with Gasteiger partial charge >= 0.3 is 0 Å². The molecule has 2 aromatic rings. The molecule has 7 nitrogen and oxygen atoms in total. The van der Waals surface area contributed by atoms with E-state index in [0.717, 1.165) is 13.1 Å². The van der Waals surface area contributed by atoms with Crippen molar-refractivity contribution in [2.75, 3.05) is 32.8 Å². The number of halogens is 1. The Morgan fingerprint density at radius 2 is 1.91 bits per heavy atom. The lowest BCUT2D eigenvalue weighted by Crippen LogP contribution is -2.37. The fourth-order valence-corrected chi connectivity index (χ4v) is 4.04. The van der Waals surface area contributed by atoms with Crippen LogP contribution in [-0.2, 0) is 9.59 Å². The summed E-state index contributed by atoms with van der Waals surface area (Å²) in [6.07, 6.45) is 0. The van der Waals surface area contributed by atoms with E-state index in [0.29, 0.717) is 47.6 Å². The van der Waals surface area contributed by atoms with E-state index in [4.69, 9.17) is 20.8 Å². The Hall–Kier alpha value is -2.77. The second-order valence-electron chi connectivity index (χ2n) is 7.55. The number of likely N-dealkylation sites (N-methyl/N-ethyl adjacent to an activating group) is 1. The molecule has 1 aliphatic heterocycles. The van der Waals surface area contributed by atoms with Crippen LogP contribution in [0.4, 0.5) is 0 Å². The number of benzene rings is 1. The maximum atomic E-state index is 13.1. The van der Waals surface area contributed by atoms with Crippen LogP contribution in [-0.4, -0.2) is 59.4 Å². The predicted octanol–water partition coefficient (Wildman–Crippen LogP) is 4.40. The highest BCUT2D eigenvalue weighted by molar-refractivity contribution is 6.46. The average Bonchev–Trinajstić information content (AvgIpc) is 3.31. The van der Waals surface area contributed by atoms with Gasteiger partial charge in [-0.15, -0.1) is 0 Å². The topological polar surface area (TPSA) is 83.2 Å². The quantitative estimate of drug-likeness (QED) is 0.339. The molecule has 0 spiro atoms. The molecular formula is C24H29ClN2O5. The number of hydrogen-bond acceptors (Lipinski definition) is 6. The van der Waals surface area contributed by atoms with Crippen molar-refractivity contribution in [2.24, 2.45) is 0 Å². The van der Waals surface area contributed by atoms with Crippen molar-refractivity contribution >= 4 is 29.1 Å². The summed E-state index contributed by atoms with van der Waals surface area (Å²) in [5, 5.41) is 11.5. The zero-order valence-electron chi connectivity index (χ0n) is 18.9. The molecular weight excluding hydrogens is 432 g/mol. The molecule has 32 heavy (non-hydrogen) atoms. The standard InChI is InChI=1S/C24H29ClN2O5/c1-5-26(6-2)12-13-27-21(18-11-8-15(4)32-18)20(23(29)24(27)30)22(28)16-9-10-17(25)19(14-16)31-7-3/h8-11,14,21,28H,5-7,12-13H2,1-4H3/b22-20-. The molecule has 1 atom stereocenters. The van der Waals surface area contributed by atoms with Gasteiger partial charge in [0.25, 0.3) is 11.7 Å². The Morgan fingerprint density at radius 3 is 2.50 bits per heavy atom. The minimum absolute atomic E-state index is 0.00586. The third-order valence-corrected chi connectivity index (χ3v) is 5.94. The second kappa shape index (κ2) is 10.2. The number of aliphatic hydroxyl groups is 1. The van der Waals surface area contributed by atoms with Crippen LogP contribution in [0, 0.1) is 6.92 Å². The van der Waals surface area contributed by atoms with Crippen LogP contribution >= 0.6 is 11.6 Å². The monoisotopic (exact) mass is 460 g/mol. The number of aliphatic hydroxyl groups excluding tert-OH is 1. The van der Waals surface area contributed by atoms with E-state index in [1.165, 1.54) is 4.90 Å². The summed E-state index contributed by atoms with van der Waals surface area (Å²) in [5.74, 6) is -0.211. The molecule has 0 saturated carbocycles. The van der Waals surface area contributed by atoms with Crippen molar-refractivity contribution < 1.29 is 23.8 Å². The first-order valence-electron chi connectivity index (χ1n) is 10.8. The van der Waals surface area contributed by atoms with Gasteiger partial charge in [0.15, 0.2) is 0 Å². The molecule has 3 rings (SSSR count). The Labute approximate surface area is 193 Å². The van der Waals surface area contributed by atoms with E-state index in [2.05, 4.69) is 4.90 Å². The van der Waals surface area contributed by atoms with E-state index < -0.39 is 17.7 Å². The minimum atomic E-state index is -0.814. The number of furan rings is 1. The zero-order valence-corrected chi connectivity index (χ0v) is 19.6. The van der Waals surface area contributed by atoms with Gasteiger partial charge in [0.1, 0.15) is 29.1 Å². The van der Waals surface area contributed by atoms with E-state index >= 15 is 0 Å². The summed E-state index contributed by atoms with van der Waals surface area (Å²) in [5.41, 5.74) is 0.335. The molecule has 0 radical (unpaired) electrons. The average molecular weight is 461 g/mol. The lowest BCUT2D eigenvalue weighted by Gasteiger charge is -2.26. The number of hydrogen-bond donors (Lipinski definition) is 1. The van der Waals surface area contributed by atoms with E-state index in [1.54, 1.807) is 37.3 Å². The molecule has 0 bridgehead atoms. The molecule has 8 heteroatoms. The molecule has 172 valence electrons. The Bertz CT molecular complexity index is 1030. The number of rotatable bonds is 9. The normalized spacial score (nSPS) is 18.1. The first-order chi connectivity index (χ1) is 15.3. The highest BCUT2D eigenvalue weighted by Crippen LogP contribution is 2.40. The highest BCUT2D eigenvalue weighted by Gasteiger charge is 2.47. The number of ether oxygens (including phenoxy) is 1. The summed E-state index contributed by atoms with van der Waals surface area (Å²) in [6, 6.07) is 7.44. The van der Waals surface area contributed by atoms with Crippen molar-refractivity contribution in [3.8, 4) is 5.75 Å². The lowest BCUT2D eigenvalue weighted by atomic mass is 9.99. The van der Waals surface area contributed by atoms with Gasteiger partial charge in [-0.1, -0.05) is 25.4 Å². The maximum absolute atomic E-state index is 13.1. The van der Waals surface area contributed by atoms with Crippen LogP contribution in [0.1, 0.15) is 43.9 Å². The van der Waals surface area contributed by atoms with Gasteiger partial charge in [0.05, 0.1) is 17.2 Å². The van der Waals surface area contributed by atoms with Crippen molar-refractivity contribution in [3.63, 3.8) is 0 Å². The predicted molar refractivity (Wildman–Crippen MR) is 123 cm³/mol. The number of carbonyl (C=O) groups excluding carboxylic acids is 2. The van der Waals surface area contributed by atoms with E-state index in [-0.39, 0.29) is 11.3 Å². The van der Waals surface area contributed by atoms with Crippen molar-refractivity contribution in [2.45, 2.75) is 33.7 Å². The van der Waals surface area contributed by atoms with Gasteiger partial charge < -0.3 is 24.1 Å².